The first-order valence-corrected chi connectivity index (χ1v) is 10.1. The molecule has 0 aromatic heterocycles. The van der Waals surface area contributed by atoms with Crippen molar-refractivity contribution >= 4 is 30.1 Å². The van der Waals surface area contributed by atoms with Gasteiger partial charge < -0.3 is 20.9 Å². The summed E-state index contributed by atoms with van der Waals surface area (Å²) >= 11 is 0. The van der Waals surface area contributed by atoms with Crippen molar-refractivity contribution in [2.75, 3.05) is 32.7 Å². The van der Waals surface area contributed by atoms with E-state index in [4.69, 9.17) is 5.73 Å². The Morgan fingerprint density at radius 3 is 2.59 bits per heavy atom. The quantitative estimate of drug-likeness (QED) is 0.750. The van der Waals surface area contributed by atoms with Crippen LogP contribution in [0.15, 0.2) is 30.3 Å². The average Bonchev–Trinajstić information content (AvgIpc) is 3.14. The molecule has 2 saturated heterocycles. The van der Waals surface area contributed by atoms with Crippen molar-refractivity contribution in [3.8, 4) is 0 Å². The highest BCUT2D eigenvalue weighted by Gasteiger charge is 2.48. The third-order valence-corrected chi connectivity index (χ3v) is 5.89. The minimum Gasteiger partial charge on any atom is -0.355 e. The van der Waals surface area contributed by atoms with Gasteiger partial charge in [-0.3, -0.25) is 14.4 Å². The van der Waals surface area contributed by atoms with Crippen LogP contribution >= 0.6 is 12.4 Å². The van der Waals surface area contributed by atoms with E-state index in [2.05, 4.69) is 5.32 Å². The van der Waals surface area contributed by atoms with Crippen molar-refractivity contribution in [2.45, 2.75) is 38.1 Å². The Balaban J connectivity index is 0.00000300. The van der Waals surface area contributed by atoms with Crippen LogP contribution in [0, 0.1) is 5.92 Å². The van der Waals surface area contributed by atoms with Gasteiger partial charge in [-0.05, 0) is 44.7 Å². The van der Waals surface area contributed by atoms with Gasteiger partial charge in [-0.2, -0.15) is 0 Å². The fourth-order valence-corrected chi connectivity index (χ4v) is 4.30. The second kappa shape index (κ2) is 10.1. The fourth-order valence-electron chi connectivity index (χ4n) is 4.30. The largest absolute Gasteiger partial charge is 0.355 e. The zero-order chi connectivity index (χ0) is 20.1. The van der Waals surface area contributed by atoms with E-state index in [-0.39, 0.29) is 36.0 Å². The van der Waals surface area contributed by atoms with Gasteiger partial charge in [0.25, 0.3) is 5.91 Å². The van der Waals surface area contributed by atoms with Crippen molar-refractivity contribution < 1.29 is 14.4 Å². The highest BCUT2D eigenvalue weighted by molar-refractivity contribution is 5.99. The molecule has 2 fully saturated rings. The number of carbonyl (C=O) groups is 3. The molecule has 3 N–H and O–H groups in total. The maximum atomic E-state index is 13.4. The molecule has 7 nitrogen and oxygen atoms in total. The summed E-state index contributed by atoms with van der Waals surface area (Å²) in [5, 5.41) is 2.82. The number of hydrogen-bond donors (Lipinski definition) is 2. The lowest BCUT2D eigenvalue weighted by Crippen LogP contribution is -2.58. The van der Waals surface area contributed by atoms with Crippen molar-refractivity contribution in [3.63, 3.8) is 0 Å². The van der Waals surface area contributed by atoms with Gasteiger partial charge in [-0.15, -0.1) is 12.4 Å². The number of hydrogen-bond acceptors (Lipinski definition) is 4. The summed E-state index contributed by atoms with van der Waals surface area (Å²) in [6.07, 6.45) is 3.00. The van der Waals surface area contributed by atoms with E-state index in [1.807, 2.05) is 25.1 Å². The number of nitrogens with two attached hydrogens (primary N) is 1. The molecule has 2 aliphatic heterocycles. The standard InChI is InChI=1S/C21H30N4O3.ClH/c1-21(10-6-14-25(21)19(27)16-7-3-2-4-8-16)20(28)24-13-5-9-17(15-24)18(26)23-12-11-22;/h2-4,7-8,17H,5-6,9-15,22H2,1H3,(H,23,26);1H. The zero-order valence-corrected chi connectivity index (χ0v) is 17.7. The molecule has 0 bridgehead atoms. The monoisotopic (exact) mass is 422 g/mol. The molecule has 2 aliphatic rings. The predicted octanol–water partition coefficient (Wildman–Crippen LogP) is 1.42. The Kier molecular flexibility index (Phi) is 8.05. The average molecular weight is 423 g/mol. The van der Waals surface area contributed by atoms with Crippen molar-refractivity contribution in [1.82, 2.24) is 15.1 Å². The number of nitrogens with one attached hydrogen (secondary N) is 1. The molecule has 2 atom stereocenters. The van der Waals surface area contributed by atoms with Crippen molar-refractivity contribution in [3.05, 3.63) is 35.9 Å². The summed E-state index contributed by atoms with van der Waals surface area (Å²) in [6.45, 7) is 4.31. The third kappa shape index (κ3) is 4.90. The van der Waals surface area contributed by atoms with Crippen LogP contribution in [0.1, 0.15) is 43.0 Å². The number of benzene rings is 1. The van der Waals surface area contributed by atoms with E-state index in [0.29, 0.717) is 44.7 Å². The molecule has 8 heteroatoms. The van der Waals surface area contributed by atoms with Crippen molar-refractivity contribution in [1.29, 1.82) is 0 Å². The van der Waals surface area contributed by atoms with Gasteiger partial charge in [0.15, 0.2) is 0 Å². The second-order valence-corrected chi connectivity index (χ2v) is 7.87. The number of carbonyl (C=O) groups excluding carboxylic acids is 3. The van der Waals surface area contributed by atoms with Crippen molar-refractivity contribution in [2.24, 2.45) is 11.7 Å². The molecule has 0 radical (unpaired) electrons. The summed E-state index contributed by atoms with van der Waals surface area (Å²) in [4.78, 5) is 42.2. The Labute approximate surface area is 178 Å². The molecule has 0 aliphatic carbocycles. The van der Waals surface area contributed by atoms with Crippen LogP contribution in [-0.4, -0.2) is 65.8 Å². The molecule has 29 heavy (non-hydrogen) atoms. The Bertz CT molecular complexity index is 730. The van der Waals surface area contributed by atoms with E-state index in [9.17, 15) is 14.4 Å². The molecular weight excluding hydrogens is 392 g/mol. The summed E-state index contributed by atoms with van der Waals surface area (Å²) in [5.74, 6) is -0.418. The Morgan fingerprint density at radius 2 is 1.90 bits per heavy atom. The van der Waals surface area contributed by atoms with Crippen LogP contribution in [0.2, 0.25) is 0 Å². The summed E-state index contributed by atoms with van der Waals surface area (Å²) in [6, 6.07) is 9.10. The number of amides is 3. The Hall–Kier alpha value is -2.12. The lowest BCUT2D eigenvalue weighted by atomic mass is 9.91. The van der Waals surface area contributed by atoms with E-state index in [1.54, 1.807) is 21.9 Å². The molecular formula is C21H31ClN4O3. The molecule has 0 saturated carbocycles. The maximum Gasteiger partial charge on any atom is 0.254 e. The molecule has 0 spiro atoms. The smallest absolute Gasteiger partial charge is 0.254 e. The molecule has 1 aromatic carbocycles. The minimum absolute atomic E-state index is 0. The topological polar surface area (TPSA) is 95.7 Å². The molecule has 1 aromatic rings. The lowest BCUT2D eigenvalue weighted by molar-refractivity contribution is -0.144. The third-order valence-electron chi connectivity index (χ3n) is 5.89. The predicted molar refractivity (Wildman–Crippen MR) is 114 cm³/mol. The maximum absolute atomic E-state index is 13.4. The van der Waals surface area contributed by atoms with Gasteiger partial charge in [0.2, 0.25) is 11.8 Å². The van der Waals surface area contributed by atoms with E-state index < -0.39 is 5.54 Å². The summed E-state index contributed by atoms with van der Waals surface area (Å²) in [5.41, 5.74) is 5.20. The zero-order valence-electron chi connectivity index (χ0n) is 16.9. The summed E-state index contributed by atoms with van der Waals surface area (Å²) < 4.78 is 0. The van der Waals surface area contributed by atoms with Crippen LogP contribution in [0.4, 0.5) is 0 Å². The number of piperidine rings is 1. The van der Waals surface area contributed by atoms with Gasteiger partial charge in [-0.1, -0.05) is 18.2 Å². The highest BCUT2D eigenvalue weighted by atomic mass is 35.5. The van der Waals surface area contributed by atoms with Crippen LogP contribution in [0.25, 0.3) is 0 Å². The van der Waals surface area contributed by atoms with Gasteiger partial charge in [0, 0.05) is 38.3 Å². The van der Waals surface area contributed by atoms with E-state index in [0.717, 1.165) is 19.3 Å². The second-order valence-electron chi connectivity index (χ2n) is 7.87. The van der Waals surface area contributed by atoms with Crippen LogP contribution in [0.3, 0.4) is 0 Å². The molecule has 160 valence electrons. The Morgan fingerprint density at radius 1 is 1.17 bits per heavy atom. The SMILES string of the molecule is CC1(C(=O)N2CCCC(C(=O)NCCN)C2)CCCN1C(=O)c1ccccc1.Cl. The molecule has 2 unspecified atom stereocenters. The first-order chi connectivity index (χ1) is 13.5. The van der Waals surface area contributed by atoms with Crippen LogP contribution in [-0.2, 0) is 9.59 Å². The first kappa shape index (κ1) is 23.2. The van der Waals surface area contributed by atoms with Gasteiger partial charge in [0.05, 0.1) is 5.92 Å². The molecule has 3 amide bonds. The van der Waals surface area contributed by atoms with Gasteiger partial charge in [0.1, 0.15) is 5.54 Å². The minimum atomic E-state index is -0.859. The van der Waals surface area contributed by atoms with Crippen LogP contribution in [0.5, 0.6) is 0 Å². The van der Waals surface area contributed by atoms with Gasteiger partial charge in [-0.25, -0.2) is 0 Å². The number of nitrogens with zero attached hydrogens (tertiary/aromatic N) is 2. The molecule has 3 rings (SSSR count). The number of rotatable bonds is 5. The fraction of sp³-hybridized carbons (Fsp3) is 0.571. The normalized spacial score (nSPS) is 24.0. The van der Waals surface area contributed by atoms with Crippen LogP contribution < -0.4 is 11.1 Å². The van der Waals surface area contributed by atoms with Gasteiger partial charge >= 0.3 is 0 Å². The van der Waals surface area contributed by atoms with E-state index >= 15 is 0 Å². The first-order valence-electron chi connectivity index (χ1n) is 10.1. The number of halogens is 1. The lowest BCUT2D eigenvalue weighted by Gasteiger charge is -2.41. The molecule has 2 heterocycles. The number of likely N-dealkylation sites (tertiary alicyclic amines) is 2. The highest BCUT2D eigenvalue weighted by Crippen LogP contribution is 2.33. The van der Waals surface area contributed by atoms with E-state index in [1.165, 1.54) is 0 Å². The summed E-state index contributed by atoms with van der Waals surface area (Å²) in [7, 11) is 0.